The van der Waals surface area contributed by atoms with Gasteiger partial charge in [0.1, 0.15) is 6.10 Å². The maximum Gasteiger partial charge on any atom is 0.309 e. The second kappa shape index (κ2) is 3.70. The van der Waals surface area contributed by atoms with Gasteiger partial charge in [-0.25, -0.2) is 0 Å². The molecule has 1 heterocycles. The maximum atomic E-state index is 11.8. The number of ether oxygens (including phenoxy) is 1. The van der Waals surface area contributed by atoms with E-state index >= 15 is 0 Å². The van der Waals surface area contributed by atoms with Gasteiger partial charge in [0.05, 0.1) is 17.4 Å². The Morgan fingerprint density at radius 3 is 2.94 bits per heavy atom. The Bertz CT molecular complexity index is 458. The minimum Gasteiger partial charge on any atom is -0.461 e. The van der Waals surface area contributed by atoms with E-state index in [0.717, 1.165) is 12.8 Å². The summed E-state index contributed by atoms with van der Waals surface area (Å²) in [6.07, 6.45) is 5.67. The van der Waals surface area contributed by atoms with Crippen LogP contribution in [0, 0.1) is 17.8 Å². The highest BCUT2D eigenvalue weighted by Gasteiger charge is 2.53. The zero-order valence-electron chi connectivity index (χ0n) is 11.1. The number of esters is 1. The molecular formula is C15H20O3. The first kappa shape index (κ1) is 12.0. The zero-order valence-corrected chi connectivity index (χ0v) is 11.1. The molecule has 1 N–H and O–H groups in total. The fourth-order valence-corrected chi connectivity index (χ4v) is 3.74. The number of hydrogen-bond donors (Lipinski definition) is 1. The third kappa shape index (κ3) is 1.50. The van der Waals surface area contributed by atoms with Crippen LogP contribution in [0.4, 0.5) is 0 Å². The van der Waals surface area contributed by atoms with Crippen molar-refractivity contribution in [3.05, 3.63) is 23.3 Å². The van der Waals surface area contributed by atoms with Crippen LogP contribution in [0.25, 0.3) is 0 Å². The minimum absolute atomic E-state index is 0.0430. The van der Waals surface area contributed by atoms with Crippen molar-refractivity contribution in [3.8, 4) is 0 Å². The standard InChI is InChI=1S/C15H20O3/c1-8-4-5-11-9(2)14(16)18-13(11)12-10(8)6-7-15(12,3)17/h6-7,9,11-13,17H,4-5H2,1-3H3/t9-,11+,12+,13+,15-/m1/s1. The Hall–Kier alpha value is -1.09. The molecule has 3 nitrogen and oxygen atoms in total. The molecular weight excluding hydrogens is 228 g/mol. The lowest BCUT2D eigenvalue weighted by Crippen LogP contribution is -2.40. The molecule has 3 rings (SSSR count). The van der Waals surface area contributed by atoms with Crippen molar-refractivity contribution >= 4 is 5.97 Å². The second-order valence-corrected chi connectivity index (χ2v) is 6.17. The Balaban J connectivity index is 2.05. The monoisotopic (exact) mass is 248 g/mol. The number of rotatable bonds is 0. The number of fused-ring (bicyclic) bond motifs is 3. The molecule has 0 radical (unpaired) electrons. The average Bonchev–Trinajstić information content (AvgIpc) is 2.69. The maximum absolute atomic E-state index is 11.8. The summed E-state index contributed by atoms with van der Waals surface area (Å²) in [6.45, 7) is 5.89. The van der Waals surface area contributed by atoms with Crippen LogP contribution in [0.5, 0.6) is 0 Å². The van der Waals surface area contributed by atoms with Gasteiger partial charge in [0, 0.05) is 5.92 Å². The van der Waals surface area contributed by atoms with E-state index in [0.29, 0.717) is 0 Å². The molecule has 0 aromatic carbocycles. The van der Waals surface area contributed by atoms with Crippen LogP contribution in [-0.4, -0.2) is 22.8 Å². The molecule has 0 amide bonds. The molecule has 0 aromatic rings. The van der Waals surface area contributed by atoms with Crippen LogP contribution in [0.1, 0.15) is 33.6 Å². The van der Waals surface area contributed by atoms with Crippen LogP contribution in [0.15, 0.2) is 23.3 Å². The Morgan fingerprint density at radius 1 is 1.50 bits per heavy atom. The summed E-state index contributed by atoms with van der Waals surface area (Å²) in [5.74, 6) is 0.00498. The lowest BCUT2D eigenvalue weighted by atomic mass is 9.77. The van der Waals surface area contributed by atoms with E-state index in [1.165, 1.54) is 11.1 Å². The largest absolute Gasteiger partial charge is 0.461 e. The first-order valence-electron chi connectivity index (χ1n) is 6.73. The predicted octanol–water partition coefficient (Wildman–Crippen LogP) is 2.21. The summed E-state index contributed by atoms with van der Waals surface area (Å²) in [4.78, 5) is 11.8. The quantitative estimate of drug-likeness (QED) is 0.669. The van der Waals surface area contributed by atoms with E-state index in [1.807, 2.05) is 26.0 Å². The number of aliphatic hydroxyl groups is 1. The molecule has 1 aliphatic heterocycles. The molecule has 1 saturated heterocycles. The van der Waals surface area contributed by atoms with E-state index < -0.39 is 5.60 Å². The number of carbonyl (C=O) groups is 1. The summed E-state index contributed by atoms with van der Waals surface area (Å²) in [6, 6.07) is 0. The fraction of sp³-hybridized carbons (Fsp3) is 0.667. The Morgan fingerprint density at radius 2 is 2.22 bits per heavy atom. The lowest BCUT2D eigenvalue weighted by Gasteiger charge is -2.32. The van der Waals surface area contributed by atoms with Gasteiger partial charge < -0.3 is 9.84 Å². The lowest BCUT2D eigenvalue weighted by molar-refractivity contribution is -0.147. The molecule has 5 atom stereocenters. The van der Waals surface area contributed by atoms with Crippen molar-refractivity contribution in [1.29, 1.82) is 0 Å². The van der Waals surface area contributed by atoms with Crippen molar-refractivity contribution in [2.45, 2.75) is 45.3 Å². The van der Waals surface area contributed by atoms with Crippen LogP contribution in [-0.2, 0) is 9.53 Å². The summed E-state index contributed by atoms with van der Waals surface area (Å²) < 4.78 is 5.58. The van der Waals surface area contributed by atoms with E-state index in [9.17, 15) is 9.90 Å². The van der Waals surface area contributed by atoms with E-state index in [1.54, 1.807) is 0 Å². The highest BCUT2D eigenvalue weighted by Crippen LogP contribution is 2.49. The molecule has 0 bridgehead atoms. The first-order chi connectivity index (χ1) is 8.42. The van der Waals surface area contributed by atoms with Crippen LogP contribution >= 0.6 is 0 Å². The highest BCUT2D eigenvalue weighted by molar-refractivity contribution is 5.75. The number of hydrogen-bond acceptors (Lipinski definition) is 3. The van der Waals surface area contributed by atoms with Gasteiger partial charge in [0.15, 0.2) is 0 Å². The van der Waals surface area contributed by atoms with Gasteiger partial charge >= 0.3 is 5.97 Å². The van der Waals surface area contributed by atoms with Crippen molar-refractivity contribution in [2.75, 3.05) is 0 Å². The van der Waals surface area contributed by atoms with Gasteiger partial charge in [-0.3, -0.25) is 4.79 Å². The number of carbonyl (C=O) groups excluding carboxylic acids is 1. The molecule has 3 heteroatoms. The molecule has 0 unspecified atom stereocenters. The van der Waals surface area contributed by atoms with E-state index in [-0.39, 0.29) is 29.8 Å². The molecule has 0 saturated carbocycles. The van der Waals surface area contributed by atoms with Gasteiger partial charge in [0.2, 0.25) is 0 Å². The molecule has 2 aliphatic carbocycles. The van der Waals surface area contributed by atoms with Crippen LogP contribution < -0.4 is 0 Å². The first-order valence-corrected chi connectivity index (χ1v) is 6.73. The molecule has 98 valence electrons. The van der Waals surface area contributed by atoms with Crippen molar-refractivity contribution in [2.24, 2.45) is 17.8 Å². The molecule has 18 heavy (non-hydrogen) atoms. The summed E-state index contributed by atoms with van der Waals surface area (Å²) >= 11 is 0. The highest BCUT2D eigenvalue weighted by atomic mass is 16.6. The second-order valence-electron chi connectivity index (χ2n) is 6.17. The van der Waals surface area contributed by atoms with Crippen molar-refractivity contribution in [1.82, 2.24) is 0 Å². The van der Waals surface area contributed by atoms with Gasteiger partial charge in [-0.15, -0.1) is 0 Å². The summed E-state index contributed by atoms with van der Waals surface area (Å²) in [5.41, 5.74) is 1.61. The normalized spacial score (nSPS) is 46.8. The van der Waals surface area contributed by atoms with E-state index in [2.05, 4.69) is 6.92 Å². The van der Waals surface area contributed by atoms with Gasteiger partial charge in [0.25, 0.3) is 0 Å². The number of allylic oxidation sites excluding steroid dienone is 2. The molecule has 0 spiro atoms. The summed E-state index contributed by atoms with van der Waals surface area (Å²) in [7, 11) is 0. The summed E-state index contributed by atoms with van der Waals surface area (Å²) in [5, 5.41) is 10.5. The van der Waals surface area contributed by atoms with Crippen LogP contribution in [0.2, 0.25) is 0 Å². The third-order valence-corrected chi connectivity index (χ3v) is 4.93. The van der Waals surface area contributed by atoms with Crippen molar-refractivity contribution in [3.63, 3.8) is 0 Å². The Kier molecular flexibility index (Phi) is 2.46. The minimum atomic E-state index is -0.895. The van der Waals surface area contributed by atoms with Crippen LogP contribution in [0.3, 0.4) is 0 Å². The van der Waals surface area contributed by atoms with Gasteiger partial charge in [-0.1, -0.05) is 24.6 Å². The smallest absolute Gasteiger partial charge is 0.309 e. The zero-order chi connectivity index (χ0) is 13.1. The molecule has 0 aromatic heterocycles. The fourth-order valence-electron chi connectivity index (χ4n) is 3.74. The van der Waals surface area contributed by atoms with E-state index in [4.69, 9.17) is 4.74 Å². The third-order valence-electron chi connectivity index (χ3n) is 4.93. The molecule has 1 fully saturated rings. The topological polar surface area (TPSA) is 46.5 Å². The van der Waals surface area contributed by atoms with Gasteiger partial charge in [-0.05, 0) is 32.3 Å². The van der Waals surface area contributed by atoms with Crippen molar-refractivity contribution < 1.29 is 14.6 Å². The average molecular weight is 248 g/mol. The predicted molar refractivity (Wildman–Crippen MR) is 67.7 cm³/mol. The Labute approximate surface area is 108 Å². The SMILES string of the molecule is CC1=C2C=C[C@@](C)(O)[C@@H]2[C@H]2OC(=O)[C@H](C)[C@@H]2CC1. The molecule has 3 aliphatic rings. The van der Waals surface area contributed by atoms with Gasteiger partial charge in [-0.2, -0.15) is 0 Å².